The molecule has 0 bridgehead atoms. The van der Waals surface area contributed by atoms with E-state index in [1.54, 1.807) is 18.2 Å². The van der Waals surface area contributed by atoms with Crippen LogP contribution in [0.1, 0.15) is 23.2 Å². The van der Waals surface area contributed by atoms with Crippen LogP contribution >= 0.6 is 0 Å². The van der Waals surface area contributed by atoms with Gasteiger partial charge in [-0.05, 0) is 38.1 Å². The molecule has 1 rings (SSSR count). The Kier molecular flexibility index (Phi) is 7.46. The Bertz CT molecular complexity index is 395. The lowest BCUT2D eigenvalue weighted by molar-refractivity contribution is 0.0599. The number of benzene rings is 1. The Balaban J connectivity index is 2.80. The molecule has 1 aromatic rings. The third-order valence-corrected chi connectivity index (χ3v) is 2.54. The van der Waals surface area contributed by atoms with Gasteiger partial charge < -0.3 is 25.7 Å². The van der Waals surface area contributed by atoms with E-state index in [1.807, 2.05) is 0 Å². The molecule has 0 atom stereocenters. The largest absolute Gasteiger partial charge is 0.493 e. The Morgan fingerprint density at radius 3 is 1.90 bits per heavy atom. The van der Waals surface area contributed by atoms with E-state index in [9.17, 15) is 4.79 Å². The fourth-order valence-corrected chi connectivity index (χ4v) is 1.52. The van der Waals surface area contributed by atoms with Gasteiger partial charge in [0.2, 0.25) is 0 Å². The number of esters is 1. The minimum Gasteiger partial charge on any atom is -0.493 e. The van der Waals surface area contributed by atoms with Crippen molar-refractivity contribution in [3.05, 3.63) is 23.8 Å². The summed E-state index contributed by atoms with van der Waals surface area (Å²) in [6, 6.07) is 4.98. The number of ether oxygens (including phenoxy) is 3. The van der Waals surface area contributed by atoms with Crippen LogP contribution in [0.25, 0.3) is 0 Å². The predicted octanol–water partition coefficient (Wildman–Crippen LogP) is 0.928. The van der Waals surface area contributed by atoms with Crippen LogP contribution in [0.2, 0.25) is 0 Å². The van der Waals surface area contributed by atoms with Gasteiger partial charge in [-0.3, -0.25) is 0 Å². The number of carbonyl (C=O) groups excluding carboxylic acids is 1. The highest BCUT2D eigenvalue weighted by atomic mass is 16.5. The molecule has 0 aromatic heterocycles. The van der Waals surface area contributed by atoms with E-state index in [0.717, 1.165) is 12.8 Å². The summed E-state index contributed by atoms with van der Waals surface area (Å²) in [5, 5.41) is 0. The monoisotopic (exact) mass is 282 g/mol. The number of methoxy groups -OCH3 is 1. The van der Waals surface area contributed by atoms with Crippen molar-refractivity contribution in [1.29, 1.82) is 0 Å². The molecule has 6 nitrogen and oxygen atoms in total. The van der Waals surface area contributed by atoms with E-state index in [4.69, 9.17) is 25.7 Å². The van der Waals surface area contributed by atoms with E-state index < -0.39 is 5.97 Å². The summed E-state index contributed by atoms with van der Waals surface area (Å²) >= 11 is 0. The number of carbonyl (C=O) groups is 1. The van der Waals surface area contributed by atoms with Crippen LogP contribution in [0.15, 0.2) is 18.2 Å². The van der Waals surface area contributed by atoms with Crippen molar-refractivity contribution in [2.75, 3.05) is 33.4 Å². The minimum absolute atomic E-state index is 0.389. The molecule has 0 saturated heterocycles. The molecule has 0 fully saturated rings. The smallest absolute Gasteiger partial charge is 0.338 e. The maximum absolute atomic E-state index is 11.6. The summed E-state index contributed by atoms with van der Waals surface area (Å²) in [5.74, 6) is 0.686. The maximum Gasteiger partial charge on any atom is 0.338 e. The molecule has 20 heavy (non-hydrogen) atoms. The van der Waals surface area contributed by atoms with Crippen molar-refractivity contribution in [2.24, 2.45) is 11.5 Å². The van der Waals surface area contributed by atoms with E-state index in [2.05, 4.69) is 0 Å². The number of hydrogen-bond donors (Lipinski definition) is 2. The first-order valence-electron chi connectivity index (χ1n) is 6.60. The van der Waals surface area contributed by atoms with Crippen LogP contribution in [0, 0.1) is 0 Å². The van der Waals surface area contributed by atoms with Crippen molar-refractivity contribution >= 4 is 5.97 Å². The molecule has 0 amide bonds. The fourth-order valence-electron chi connectivity index (χ4n) is 1.52. The molecule has 0 spiro atoms. The minimum atomic E-state index is -0.432. The predicted molar refractivity (Wildman–Crippen MR) is 76.1 cm³/mol. The van der Waals surface area contributed by atoms with Gasteiger partial charge in [0.1, 0.15) is 11.5 Å². The number of hydrogen-bond acceptors (Lipinski definition) is 6. The molecule has 1 aromatic carbocycles. The molecule has 0 heterocycles. The quantitative estimate of drug-likeness (QED) is 0.516. The summed E-state index contributed by atoms with van der Waals surface area (Å²) in [6.07, 6.45) is 1.48. The van der Waals surface area contributed by atoms with Gasteiger partial charge in [-0.2, -0.15) is 0 Å². The molecular weight excluding hydrogens is 260 g/mol. The van der Waals surface area contributed by atoms with Crippen LogP contribution < -0.4 is 20.9 Å². The van der Waals surface area contributed by atoms with Crippen molar-refractivity contribution in [2.45, 2.75) is 12.8 Å². The van der Waals surface area contributed by atoms with Crippen molar-refractivity contribution in [3.63, 3.8) is 0 Å². The van der Waals surface area contributed by atoms with Crippen LogP contribution in [0.5, 0.6) is 11.5 Å². The fraction of sp³-hybridized carbons (Fsp3) is 0.500. The third kappa shape index (κ3) is 5.46. The maximum atomic E-state index is 11.6. The Morgan fingerprint density at radius 1 is 1.00 bits per heavy atom. The van der Waals surface area contributed by atoms with Gasteiger partial charge in [0.05, 0.1) is 25.9 Å². The van der Waals surface area contributed by atoms with Crippen LogP contribution in [0.4, 0.5) is 0 Å². The van der Waals surface area contributed by atoms with Gasteiger partial charge in [-0.25, -0.2) is 4.79 Å². The van der Waals surface area contributed by atoms with Crippen molar-refractivity contribution in [1.82, 2.24) is 0 Å². The van der Waals surface area contributed by atoms with Crippen molar-refractivity contribution < 1.29 is 19.0 Å². The van der Waals surface area contributed by atoms with Gasteiger partial charge in [0.25, 0.3) is 0 Å². The molecular formula is C14H22N2O4. The van der Waals surface area contributed by atoms with Crippen molar-refractivity contribution in [3.8, 4) is 11.5 Å². The summed E-state index contributed by atoms with van der Waals surface area (Å²) in [7, 11) is 1.33. The second-order valence-electron chi connectivity index (χ2n) is 4.17. The first kappa shape index (κ1) is 16.3. The summed E-state index contributed by atoms with van der Waals surface area (Å²) < 4.78 is 15.8. The van der Waals surface area contributed by atoms with Crippen LogP contribution in [-0.2, 0) is 4.74 Å². The van der Waals surface area contributed by atoms with Gasteiger partial charge in [-0.15, -0.1) is 0 Å². The second kappa shape index (κ2) is 9.17. The Labute approximate surface area is 119 Å². The summed E-state index contributed by atoms with van der Waals surface area (Å²) in [4.78, 5) is 11.6. The topological polar surface area (TPSA) is 96.8 Å². The van der Waals surface area contributed by atoms with Gasteiger partial charge in [-0.1, -0.05) is 0 Å². The lowest BCUT2D eigenvalue weighted by Gasteiger charge is -2.11. The highest BCUT2D eigenvalue weighted by molar-refractivity contribution is 5.90. The SMILES string of the molecule is COC(=O)c1cc(OCCCN)cc(OCCCN)c1. The van der Waals surface area contributed by atoms with E-state index in [1.165, 1.54) is 7.11 Å². The van der Waals surface area contributed by atoms with Crippen LogP contribution in [-0.4, -0.2) is 39.4 Å². The zero-order chi connectivity index (χ0) is 14.8. The molecule has 6 heteroatoms. The summed E-state index contributed by atoms with van der Waals surface area (Å²) in [5.41, 5.74) is 11.2. The Morgan fingerprint density at radius 2 is 1.50 bits per heavy atom. The van der Waals surface area contributed by atoms with E-state index in [-0.39, 0.29) is 0 Å². The molecule has 0 aliphatic heterocycles. The first-order valence-corrected chi connectivity index (χ1v) is 6.60. The standard InChI is InChI=1S/C14H22N2O4/c1-18-14(17)11-8-12(19-6-2-4-15)10-13(9-11)20-7-3-5-16/h8-10H,2-7,15-16H2,1H3. The number of rotatable bonds is 9. The highest BCUT2D eigenvalue weighted by Crippen LogP contribution is 2.24. The summed E-state index contributed by atoms with van der Waals surface area (Å²) in [6.45, 7) is 2.08. The van der Waals surface area contributed by atoms with Crippen LogP contribution in [0.3, 0.4) is 0 Å². The Hall–Kier alpha value is -1.79. The molecule has 0 unspecified atom stereocenters. The third-order valence-electron chi connectivity index (χ3n) is 2.54. The molecule has 0 aliphatic rings. The van der Waals surface area contributed by atoms with Gasteiger partial charge in [0.15, 0.2) is 0 Å². The average molecular weight is 282 g/mol. The molecule has 0 aliphatic carbocycles. The lowest BCUT2D eigenvalue weighted by Crippen LogP contribution is -2.09. The van der Waals surface area contributed by atoms with Gasteiger partial charge in [0, 0.05) is 6.07 Å². The van der Waals surface area contributed by atoms with E-state index in [0.29, 0.717) is 43.4 Å². The zero-order valence-electron chi connectivity index (χ0n) is 11.8. The first-order chi connectivity index (χ1) is 9.71. The highest BCUT2D eigenvalue weighted by Gasteiger charge is 2.10. The van der Waals surface area contributed by atoms with E-state index >= 15 is 0 Å². The molecule has 0 radical (unpaired) electrons. The number of nitrogens with two attached hydrogens (primary N) is 2. The zero-order valence-corrected chi connectivity index (χ0v) is 11.8. The molecule has 0 saturated carbocycles. The normalized spacial score (nSPS) is 10.2. The average Bonchev–Trinajstić information content (AvgIpc) is 2.47. The van der Waals surface area contributed by atoms with Gasteiger partial charge >= 0.3 is 5.97 Å². The lowest BCUT2D eigenvalue weighted by atomic mass is 10.2. The second-order valence-corrected chi connectivity index (χ2v) is 4.17. The molecule has 112 valence electrons. The molecule has 4 N–H and O–H groups in total.